The summed E-state index contributed by atoms with van der Waals surface area (Å²) in [5, 5.41) is 11.3. The summed E-state index contributed by atoms with van der Waals surface area (Å²) in [7, 11) is 0. The molecule has 1 unspecified atom stereocenters. The lowest BCUT2D eigenvalue weighted by atomic mass is 9.65. The van der Waals surface area contributed by atoms with Gasteiger partial charge in [-0.2, -0.15) is 0 Å². The SMILES string of the molecule is CC1(C)CCCCC1(O)c1cnc(N)s1. The van der Waals surface area contributed by atoms with Gasteiger partial charge in [0, 0.05) is 6.20 Å². The van der Waals surface area contributed by atoms with Crippen molar-refractivity contribution in [3.05, 3.63) is 11.1 Å². The van der Waals surface area contributed by atoms with Crippen LogP contribution in [0.4, 0.5) is 5.13 Å². The molecular formula is C11H18N2OS. The first kappa shape index (κ1) is 10.9. The van der Waals surface area contributed by atoms with Gasteiger partial charge in [-0.15, -0.1) is 0 Å². The summed E-state index contributed by atoms with van der Waals surface area (Å²) in [4.78, 5) is 4.96. The van der Waals surface area contributed by atoms with Crippen LogP contribution in [0.25, 0.3) is 0 Å². The highest BCUT2D eigenvalue weighted by atomic mass is 32.1. The van der Waals surface area contributed by atoms with E-state index in [1.807, 2.05) is 0 Å². The van der Waals surface area contributed by atoms with E-state index in [1.165, 1.54) is 17.8 Å². The molecule has 1 saturated carbocycles. The highest BCUT2D eigenvalue weighted by Gasteiger charge is 2.47. The van der Waals surface area contributed by atoms with Crippen LogP contribution in [0.3, 0.4) is 0 Å². The predicted octanol–water partition coefficient (Wildman–Crippen LogP) is 2.51. The Morgan fingerprint density at radius 1 is 1.40 bits per heavy atom. The Morgan fingerprint density at radius 3 is 2.60 bits per heavy atom. The Hall–Kier alpha value is -0.610. The number of anilines is 1. The lowest BCUT2D eigenvalue weighted by molar-refractivity contribution is -0.101. The standard InChI is InChI=1S/C11H18N2OS/c1-10(2)5-3-4-6-11(10,14)8-7-13-9(12)15-8/h7,14H,3-6H2,1-2H3,(H2,12,13). The molecule has 1 heterocycles. The number of nitrogens with zero attached hydrogens (tertiary/aromatic N) is 1. The van der Waals surface area contributed by atoms with Gasteiger partial charge in [0.25, 0.3) is 0 Å². The van der Waals surface area contributed by atoms with Crippen LogP contribution >= 0.6 is 11.3 Å². The first-order valence-corrected chi connectivity index (χ1v) is 6.21. The number of hydrogen-bond acceptors (Lipinski definition) is 4. The van der Waals surface area contributed by atoms with Gasteiger partial charge in [0.2, 0.25) is 0 Å². The largest absolute Gasteiger partial charge is 0.384 e. The second-order valence-corrected chi connectivity index (χ2v) is 6.08. The fourth-order valence-electron chi connectivity index (χ4n) is 2.43. The smallest absolute Gasteiger partial charge is 0.180 e. The van der Waals surface area contributed by atoms with Crippen LogP contribution in [-0.4, -0.2) is 10.1 Å². The van der Waals surface area contributed by atoms with Crippen LogP contribution in [0, 0.1) is 5.41 Å². The van der Waals surface area contributed by atoms with E-state index in [4.69, 9.17) is 5.73 Å². The van der Waals surface area contributed by atoms with Crippen molar-refractivity contribution >= 4 is 16.5 Å². The fraction of sp³-hybridized carbons (Fsp3) is 0.727. The minimum Gasteiger partial charge on any atom is -0.384 e. The van der Waals surface area contributed by atoms with E-state index in [0.29, 0.717) is 5.13 Å². The molecule has 4 heteroatoms. The van der Waals surface area contributed by atoms with Crippen LogP contribution in [0.15, 0.2) is 6.20 Å². The lowest BCUT2D eigenvalue weighted by Crippen LogP contribution is -2.43. The van der Waals surface area contributed by atoms with Gasteiger partial charge in [-0.3, -0.25) is 0 Å². The summed E-state index contributed by atoms with van der Waals surface area (Å²) in [6.45, 7) is 4.25. The number of rotatable bonds is 1. The molecule has 0 bridgehead atoms. The van der Waals surface area contributed by atoms with Crippen molar-refractivity contribution in [3.63, 3.8) is 0 Å². The topological polar surface area (TPSA) is 59.1 Å². The maximum absolute atomic E-state index is 10.8. The normalized spacial score (nSPS) is 30.3. The lowest BCUT2D eigenvalue weighted by Gasteiger charge is -2.45. The number of aromatic nitrogens is 1. The summed E-state index contributed by atoms with van der Waals surface area (Å²) < 4.78 is 0. The van der Waals surface area contributed by atoms with Crippen LogP contribution in [-0.2, 0) is 5.60 Å². The molecule has 0 saturated heterocycles. The van der Waals surface area contributed by atoms with Crippen molar-refractivity contribution < 1.29 is 5.11 Å². The van der Waals surface area contributed by atoms with E-state index in [9.17, 15) is 5.11 Å². The van der Waals surface area contributed by atoms with E-state index in [1.54, 1.807) is 6.20 Å². The van der Waals surface area contributed by atoms with E-state index >= 15 is 0 Å². The van der Waals surface area contributed by atoms with Crippen molar-refractivity contribution in [1.29, 1.82) is 0 Å². The predicted molar refractivity (Wildman–Crippen MR) is 62.7 cm³/mol. The van der Waals surface area contributed by atoms with Crippen LogP contribution in [0.5, 0.6) is 0 Å². The maximum Gasteiger partial charge on any atom is 0.180 e. The molecule has 1 fully saturated rings. The Bertz CT molecular complexity index is 361. The summed E-state index contributed by atoms with van der Waals surface area (Å²) >= 11 is 1.41. The number of thiazole rings is 1. The van der Waals surface area contributed by atoms with Crippen LogP contribution in [0.1, 0.15) is 44.4 Å². The van der Waals surface area contributed by atoms with Crippen molar-refractivity contribution in [2.24, 2.45) is 5.41 Å². The first-order valence-electron chi connectivity index (χ1n) is 5.40. The molecule has 1 atom stereocenters. The van der Waals surface area contributed by atoms with Crippen molar-refractivity contribution in [1.82, 2.24) is 4.98 Å². The van der Waals surface area contributed by atoms with Gasteiger partial charge in [-0.05, 0) is 18.3 Å². The second kappa shape index (κ2) is 3.46. The van der Waals surface area contributed by atoms with E-state index in [0.717, 1.165) is 24.1 Å². The molecule has 3 nitrogen and oxygen atoms in total. The Kier molecular flexibility index (Phi) is 2.51. The summed E-state index contributed by atoms with van der Waals surface area (Å²) in [6, 6.07) is 0. The van der Waals surface area contributed by atoms with Crippen LogP contribution in [0.2, 0.25) is 0 Å². The molecule has 2 rings (SSSR count). The van der Waals surface area contributed by atoms with Crippen molar-refractivity contribution in [3.8, 4) is 0 Å². The molecule has 0 aliphatic heterocycles. The molecule has 0 aromatic carbocycles. The summed E-state index contributed by atoms with van der Waals surface area (Å²) in [6.07, 6.45) is 5.89. The average Bonchev–Trinajstić information content (AvgIpc) is 2.58. The molecule has 1 aromatic heterocycles. The Balaban J connectivity index is 2.39. The van der Waals surface area contributed by atoms with Crippen molar-refractivity contribution in [2.45, 2.75) is 45.1 Å². The second-order valence-electron chi connectivity index (χ2n) is 5.01. The monoisotopic (exact) mass is 226 g/mol. The quantitative estimate of drug-likeness (QED) is 0.773. The fourth-order valence-corrected chi connectivity index (χ4v) is 3.41. The average molecular weight is 226 g/mol. The number of hydrogen-bond donors (Lipinski definition) is 2. The van der Waals surface area contributed by atoms with Gasteiger partial charge in [-0.25, -0.2) is 4.98 Å². The third-order valence-corrected chi connectivity index (χ3v) is 4.62. The highest BCUT2D eigenvalue weighted by molar-refractivity contribution is 7.15. The number of nitrogen functional groups attached to an aromatic ring is 1. The first-order chi connectivity index (χ1) is 6.96. The van der Waals surface area contributed by atoms with Gasteiger partial charge >= 0.3 is 0 Å². The molecule has 1 aromatic rings. The van der Waals surface area contributed by atoms with Gasteiger partial charge < -0.3 is 10.8 Å². The molecule has 1 aliphatic carbocycles. The van der Waals surface area contributed by atoms with E-state index < -0.39 is 5.60 Å². The zero-order chi connectivity index (χ0) is 11.1. The molecule has 15 heavy (non-hydrogen) atoms. The van der Waals surface area contributed by atoms with Crippen LogP contribution < -0.4 is 5.73 Å². The highest BCUT2D eigenvalue weighted by Crippen LogP contribution is 2.51. The number of nitrogens with two attached hydrogens (primary N) is 1. The van der Waals surface area contributed by atoms with Crippen molar-refractivity contribution in [2.75, 3.05) is 5.73 Å². The third kappa shape index (κ3) is 1.66. The minimum absolute atomic E-state index is 0.0791. The maximum atomic E-state index is 10.8. The summed E-state index contributed by atoms with van der Waals surface area (Å²) in [5.74, 6) is 0. The molecule has 3 N–H and O–H groups in total. The molecule has 0 radical (unpaired) electrons. The Labute approximate surface area is 94.3 Å². The minimum atomic E-state index is -0.736. The third-order valence-electron chi connectivity index (χ3n) is 3.64. The van der Waals surface area contributed by atoms with Gasteiger partial charge in [0.1, 0.15) is 5.60 Å². The molecule has 1 aliphatic rings. The zero-order valence-corrected chi connectivity index (χ0v) is 10.1. The van der Waals surface area contributed by atoms with Gasteiger partial charge in [0.15, 0.2) is 5.13 Å². The molecule has 0 spiro atoms. The van der Waals surface area contributed by atoms with E-state index in [2.05, 4.69) is 18.8 Å². The van der Waals surface area contributed by atoms with Gasteiger partial charge in [0.05, 0.1) is 4.88 Å². The summed E-state index contributed by atoms with van der Waals surface area (Å²) in [5.41, 5.74) is 4.81. The van der Waals surface area contributed by atoms with Gasteiger partial charge in [-0.1, -0.05) is 38.0 Å². The number of aliphatic hydroxyl groups is 1. The van der Waals surface area contributed by atoms with E-state index in [-0.39, 0.29) is 5.41 Å². The molecule has 84 valence electrons. The molecular weight excluding hydrogens is 208 g/mol. The Morgan fingerprint density at radius 2 is 2.07 bits per heavy atom. The molecule has 0 amide bonds. The zero-order valence-electron chi connectivity index (χ0n) is 9.29.